The number of amides is 1. The summed E-state index contributed by atoms with van der Waals surface area (Å²) in [6.07, 6.45) is 6.67. The largest absolute Gasteiger partial charge is 0.378 e. The summed E-state index contributed by atoms with van der Waals surface area (Å²) in [7, 11) is 0. The van der Waals surface area contributed by atoms with E-state index >= 15 is 0 Å². The van der Waals surface area contributed by atoms with Crippen LogP contribution in [0.4, 0.5) is 0 Å². The van der Waals surface area contributed by atoms with Crippen LogP contribution in [0, 0.1) is 5.41 Å². The lowest BCUT2D eigenvalue weighted by molar-refractivity contribution is -0.144. The minimum atomic E-state index is -0.267. The first-order valence-electron chi connectivity index (χ1n) is 9.34. The maximum atomic E-state index is 12.7. The molecule has 2 atom stereocenters. The Morgan fingerprint density at radius 3 is 3.00 bits per heavy atom. The number of likely N-dealkylation sites (tertiary alicyclic amines) is 1. The van der Waals surface area contributed by atoms with Crippen molar-refractivity contribution in [3.63, 3.8) is 0 Å². The van der Waals surface area contributed by atoms with Crippen molar-refractivity contribution in [1.82, 2.24) is 14.8 Å². The van der Waals surface area contributed by atoms with E-state index in [1.165, 1.54) is 12.0 Å². The molecule has 0 N–H and O–H groups in total. The Bertz CT molecular complexity index is 591. The van der Waals surface area contributed by atoms with Crippen LogP contribution < -0.4 is 0 Å². The van der Waals surface area contributed by atoms with Crippen molar-refractivity contribution in [3.05, 3.63) is 30.1 Å². The maximum absolute atomic E-state index is 12.7. The average molecular weight is 345 g/mol. The molecule has 3 saturated heterocycles. The first-order valence-corrected chi connectivity index (χ1v) is 9.34. The third-order valence-corrected chi connectivity index (χ3v) is 5.68. The fraction of sp³-hybridized carbons (Fsp3) is 0.684. The molecule has 0 radical (unpaired) electrons. The molecule has 136 valence electrons. The molecule has 4 rings (SSSR count). The molecule has 1 spiro atoms. The lowest BCUT2D eigenvalue weighted by Crippen LogP contribution is -2.46. The second-order valence-electron chi connectivity index (χ2n) is 7.62. The second-order valence-corrected chi connectivity index (χ2v) is 7.62. The van der Waals surface area contributed by atoms with E-state index in [1.54, 1.807) is 0 Å². The summed E-state index contributed by atoms with van der Waals surface area (Å²) in [6.45, 7) is 6.42. The van der Waals surface area contributed by atoms with Crippen molar-refractivity contribution in [3.8, 4) is 0 Å². The first kappa shape index (κ1) is 16.9. The predicted octanol–water partition coefficient (Wildman–Crippen LogP) is 1.31. The third-order valence-electron chi connectivity index (χ3n) is 5.68. The van der Waals surface area contributed by atoms with Gasteiger partial charge in [0.1, 0.15) is 6.10 Å². The molecule has 25 heavy (non-hydrogen) atoms. The molecule has 0 saturated carbocycles. The summed E-state index contributed by atoms with van der Waals surface area (Å²) in [5, 5.41) is 0. The molecule has 3 aliphatic heterocycles. The van der Waals surface area contributed by atoms with Gasteiger partial charge >= 0.3 is 0 Å². The molecule has 1 aromatic rings. The van der Waals surface area contributed by atoms with Gasteiger partial charge in [-0.25, -0.2) is 0 Å². The van der Waals surface area contributed by atoms with Crippen LogP contribution in [0.15, 0.2) is 24.5 Å². The zero-order valence-electron chi connectivity index (χ0n) is 14.7. The SMILES string of the molecule is O=C([C@H]1C[C@@]2(CCCN(Cc3cccnc3)C2)CO1)N1CCOCC1. The number of hydrogen-bond acceptors (Lipinski definition) is 5. The van der Waals surface area contributed by atoms with Crippen molar-refractivity contribution < 1.29 is 14.3 Å². The number of nitrogens with zero attached hydrogens (tertiary/aromatic N) is 3. The zero-order chi connectivity index (χ0) is 17.1. The molecule has 3 fully saturated rings. The van der Waals surface area contributed by atoms with Gasteiger partial charge in [0.05, 0.1) is 19.8 Å². The Morgan fingerprint density at radius 2 is 2.20 bits per heavy atom. The fourth-order valence-corrected chi connectivity index (χ4v) is 4.41. The second kappa shape index (κ2) is 7.40. The number of ether oxygens (including phenoxy) is 2. The summed E-state index contributed by atoms with van der Waals surface area (Å²) < 4.78 is 11.3. The molecule has 3 aliphatic rings. The predicted molar refractivity (Wildman–Crippen MR) is 92.9 cm³/mol. The van der Waals surface area contributed by atoms with Crippen LogP contribution in [-0.4, -0.2) is 72.8 Å². The molecule has 0 bridgehead atoms. The highest BCUT2D eigenvalue weighted by molar-refractivity contribution is 5.81. The van der Waals surface area contributed by atoms with E-state index in [0.29, 0.717) is 32.9 Å². The summed E-state index contributed by atoms with van der Waals surface area (Å²) in [5.41, 5.74) is 1.38. The molecule has 0 aromatic carbocycles. The van der Waals surface area contributed by atoms with Crippen LogP contribution in [0.3, 0.4) is 0 Å². The van der Waals surface area contributed by atoms with Crippen molar-refractivity contribution in [1.29, 1.82) is 0 Å². The smallest absolute Gasteiger partial charge is 0.251 e. The molecule has 6 nitrogen and oxygen atoms in total. The monoisotopic (exact) mass is 345 g/mol. The molecule has 0 aliphatic carbocycles. The van der Waals surface area contributed by atoms with Crippen LogP contribution in [-0.2, 0) is 20.8 Å². The Kier molecular flexibility index (Phi) is 5.01. The van der Waals surface area contributed by atoms with Gasteiger partial charge in [-0.2, -0.15) is 0 Å². The van der Waals surface area contributed by atoms with Crippen molar-refractivity contribution in [2.24, 2.45) is 5.41 Å². The summed E-state index contributed by atoms with van der Waals surface area (Å²) in [4.78, 5) is 21.3. The van der Waals surface area contributed by atoms with Gasteiger partial charge in [-0.15, -0.1) is 0 Å². The van der Waals surface area contributed by atoms with Gasteiger partial charge in [0, 0.05) is 44.0 Å². The molecular weight excluding hydrogens is 318 g/mol. The van der Waals surface area contributed by atoms with E-state index in [-0.39, 0.29) is 17.4 Å². The molecule has 1 amide bonds. The molecule has 1 aromatic heterocycles. The minimum absolute atomic E-state index is 0.132. The quantitative estimate of drug-likeness (QED) is 0.827. The maximum Gasteiger partial charge on any atom is 0.251 e. The van der Waals surface area contributed by atoms with Gasteiger partial charge in [-0.05, 0) is 37.4 Å². The third kappa shape index (κ3) is 3.86. The van der Waals surface area contributed by atoms with Crippen LogP contribution >= 0.6 is 0 Å². The van der Waals surface area contributed by atoms with Gasteiger partial charge < -0.3 is 14.4 Å². The Balaban J connectivity index is 1.36. The molecule has 0 unspecified atom stereocenters. The fourth-order valence-electron chi connectivity index (χ4n) is 4.41. The van der Waals surface area contributed by atoms with Gasteiger partial charge in [0.25, 0.3) is 5.91 Å². The normalized spacial score (nSPS) is 30.7. The number of hydrogen-bond donors (Lipinski definition) is 0. The number of pyridine rings is 1. The average Bonchev–Trinajstić information content (AvgIpc) is 3.06. The van der Waals surface area contributed by atoms with E-state index in [4.69, 9.17) is 9.47 Å². The van der Waals surface area contributed by atoms with Crippen molar-refractivity contribution >= 4 is 5.91 Å². The number of carbonyl (C=O) groups is 1. The topological polar surface area (TPSA) is 54.9 Å². The number of morpholine rings is 1. The van der Waals surface area contributed by atoms with Gasteiger partial charge in [-0.1, -0.05) is 6.07 Å². The van der Waals surface area contributed by atoms with Crippen molar-refractivity contribution in [2.45, 2.75) is 31.9 Å². The van der Waals surface area contributed by atoms with Gasteiger partial charge in [0.15, 0.2) is 0 Å². The van der Waals surface area contributed by atoms with E-state index in [0.717, 1.165) is 32.5 Å². The highest BCUT2D eigenvalue weighted by Crippen LogP contribution is 2.41. The molecule has 6 heteroatoms. The standard InChI is InChI=1S/C19H27N3O3/c23-18(22-7-9-24-10-8-22)17-11-19(15-25-17)4-2-6-21(14-19)13-16-3-1-5-20-12-16/h1,3,5,12,17H,2,4,6-11,13-15H2/t17-,19-/m1/s1. The van der Waals surface area contributed by atoms with E-state index in [9.17, 15) is 4.79 Å². The number of carbonyl (C=O) groups excluding carboxylic acids is 1. The van der Waals surface area contributed by atoms with Crippen LogP contribution in [0.1, 0.15) is 24.8 Å². The lowest BCUT2D eigenvalue weighted by atomic mass is 9.78. The molecule has 4 heterocycles. The highest BCUT2D eigenvalue weighted by Gasteiger charge is 2.46. The number of piperidine rings is 1. The summed E-state index contributed by atoms with van der Waals surface area (Å²) >= 11 is 0. The van der Waals surface area contributed by atoms with E-state index < -0.39 is 0 Å². The van der Waals surface area contributed by atoms with Crippen LogP contribution in [0.5, 0.6) is 0 Å². The van der Waals surface area contributed by atoms with E-state index in [1.807, 2.05) is 23.4 Å². The summed E-state index contributed by atoms with van der Waals surface area (Å²) in [6, 6.07) is 4.12. The minimum Gasteiger partial charge on any atom is -0.378 e. The zero-order valence-corrected chi connectivity index (χ0v) is 14.7. The number of rotatable bonds is 3. The summed E-state index contributed by atoms with van der Waals surface area (Å²) in [5.74, 6) is 0.157. The number of aromatic nitrogens is 1. The van der Waals surface area contributed by atoms with Crippen LogP contribution in [0.2, 0.25) is 0 Å². The molecular formula is C19H27N3O3. The van der Waals surface area contributed by atoms with E-state index in [2.05, 4.69) is 16.0 Å². The van der Waals surface area contributed by atoms with Crippen molar-refractivity contribution in [2.75, 3.05) is 46.0 Å². The first-order chi connectivity index (χ1) is 12.2. The lowest BCUT2D eigenvalue weighted by Gasteiger charge is -2.39. The highest BCUT2D eigenvalue weighted by atomic mass is 16.5. The van der Waals surface area contributed by atoms with Gasteiger partial charge in [0.2, 0.25) is 0 Å². The Labute approximate surface area is 149 Å². The van der Waals surface area contributed by atoms with Crippen LogP contribution in [0.25, 0.3) is 0 Å². The Hall–Kier alpha value is -1.50. The van der Waals surface area contributed by atoms with Gasteiger partial charge in [-0.3, -0.25) is 14.7 Å². The Morgan fingerprint density at radius 1 is 1.32 bits per heavy atom.